The molecule has 0 aromatic rings. The van der Waals surface area contributed by atoms with Gasteiger partial charge in [0, 0.05) is 12.8 Å². The van der Waals surface area contributed by atoms with Crippen LogP contribution in [0.3, 0.4) is 0 Å². The molecule has 0 saturated heterocycles. The van der Waals surface area contributed by atoms with Gasteiger partial charge in [-0.15, -0.1) is 0 Å². The maximum atomic E-state index is 12.6. The first-order valence-electron chi connectivity index (χ1n) is 22.6. The number of ether oxygens (including phenoxy) is 2. The Balaban J connectivity index is 4.62. The fourth-order valence-electron chi connectivity index (χ4n) is 5.15. The number of rotatable bonds is 40. The lowest BCUT2D eigenvalue weighted by atomic mass is 10.2. The summed E-state index contributed by atoms with van der Waals surface area (Å²) in [5.74, 6) is -2.61. The van der Waals surface area contributed by atoms with Crippen molar-refractivity contribution in [2.75, 3.05) is 19.8 Å². The zero-order valence-corrected chi connectivity index (χ0v) is 38.5. The van der Waals surface area contributed by atoms with Crippen LogP contribution in [0.4, 0.5) is 0 Å². The van der Waals surface area contributed by atoms with E-state index in [0.717, 1.165) is 57.8 Å². The molecule has 0 amide bonds. The van der Waals surface area contributed by atoms with E-state index in [4.69, 9.17) is 24.8 Å². The van der Waals surface area contributed by atoms with Crippen LogP contribution in [-0.2, 0) is 37.5 Å². The van der Waals surface area contributed by atoms with E-state index in [1.807, 2.05) is 30.4 Å². The Morgan fingerprint density at radius 2 is 0.839 bits per heavy atom. The molecule has 1 unspecified atom stereocenters. The molecule has 12 heteroatoms. The molecule has 3 atom stereocenters. The molecule has 0 aromatic carbocycles. The predicted octanol–water partition coefficient (Wildman–Crippen LogP) is 12.4. The molecule has 0 rings (SSSR count). The van der Waals surface area contributed by atoms with Gasteiger partial charge in [-0.3, -0.25) is 23.4 Å². The molecular formula is C50H78NO10P. The molecule has 0 radical (unpaired) electrons. The van der Waals surface area contributed by atoms with Gasteiger partial charge < -0.3 is 25.2 Å². The Hall–Kier alpha value is -4.12. The second-order valence-electron chi connectivity index (χ2n) is 14.5. The smallest absolute Gasteiger partial charge is 0.472 e. The average Bonchev–Trinajstić information content (AvgIpc) is 3.25. The lowest BCUT2D eigenvalue weighted by Gasteiger charge is -2.20. The van der Waals surface area contributed by atoms with Crippen molar-refractivity contribution >= 4 is 25.7 Å². The number of carbonyl (C=O) groups excluding carboxylic acids is 2. The first-order valence-corrected chi connectivity index (χ1v) is 24.1. The van der Waals surface area contributed by atoms with Crippen LogP contribution in [0.5, 0.6) is 0 Å². The molecular weight excluding hydrogens is 806 g/mol. The van der Waals surface area contributed by atoms with Crippen LogP contribution in [0.15, 0.2) is 122 Å². The van der Waals surface area contributed by atoms with Crippen LogP contribution in [0.2, 0.25) is 0 Å². The van der Waals surface area contributed by atoms with Crippen LogP contribution in [0.25, 0.3) is 0 Å². The quantitative estimate of drug-likeness (QED) is 0.0231. The second-order valence-corrected chi connectivity index (χ2v) is 15.9. The average molecular weight is 884 g/mol. The first kappa shape index (κ1) is 57.9. The summed E-state index contributed by atoms with van der Waals surface area (Å²) < 4.78 is 32.5. The summed E-state index contributed by atoms with van der Waals surface area (Å²) in [6, 6.07) is -1.55. The molecule has 0 aliphatic carbocycles. The third kappa shape index (κ3) is 42.6. The summed E-state index contributed by atoms with van der Waals surface area (Å²) in [6.45, 7) is 2.57. The highest BCUT2D eigenvalue weighted by Gasteiger charge is 2.28. The molecule has 0 spiro atoms. The van der Waals surface area contributed by atoms with Crippen LogP contribution in [0, 0.1) is 0 Å². The van der Waals surface area contributed by atoms with E-state index < -0.39 is 57.7 Å². The summed E-state index contributed by atoms with van der Waals surface area (Å²) in [4.78, 5) is 45.9. The number of carboxylic acid groups (broad SMARTS) is 1. The van der Waals surface area contributed by atoms with Gasteiger partial charge in [-0.25, -0.2) is 4.57 Å². The van der Waals surface area contributed by atoms with Gasteiger partial charge in [0.25, 0.3) is 0 Å². The van der Waals surface area contributed by atoms with Gasteiger partial charge >= 0.3 is 25.7 Å². The van der Waals surface area contributed by atoms with E-state index in [2.05, 4.69) is 110 Å². The Labute approximate surface area is 373 Å². The van der Waals surface area contributed by atoms with Gasteiger partial charge in [0.1, 0.15) is 12.6 Å². The molecule has 62 heavy (non-hydrogen) atoms. The minimum absolute atomic E-state index is 0.0144. The molecule has 0 aliphatic rings. The summed E-state index contributed by atoms with van der Waals surface area (Å²) in [5.41, 5.74) is 5.33. The monoisotopic (exact) mass is 884 g/mol. The maximum Gasteiger partial charge on any atom is 0.472 e. The van der Waals surface area contributed by atoms with Gasteiger partial charge in [0.2, 0.25) is 0 Å². The Kier molecular flexibility index (Phi) is 40.6. The zero-order valence-electron chi connectivity index (χ0n) is 37.7. The third-order valence-electron chi connectivity index (χ3n) is 8.71. The van der Waals surface area contributed by atoms with Crippen molar-refractivity contribution in [3.8, 4) is 0 Å². The van der Waals surface area contributed by atoms with E-state index in [1.165, 1.54) is 38.5 Å². The van der Waals surface area contributed by atoms with Crippen molar-refractivity contribution in [1.82, 2.24) is 0 Å². The summed E-state index contributed by atoms with van der Waals surface area (Å²) in [7, 11) is -4.76. The van der Waals surface area contributed by atoms with E-state index in [1.54, 1.807) is 0 Å². The van der Waals surface area contributed by atoms with Crippen molar-refractivity contribution in [1.29, 1.82) is 0 Å². The number of phosphoric ester groups is 1. The first-order chi connectivity index (χ1) is 30.1. The van der Waals surface area contributed by atoms with Crippen molar-refractivity contribution in [2.24, 2.45) is 5.73 Å². The fraction of sp³-hybridized carbons (Fsp3) is 0.540. The number of carboxylic acids is 1. The number of phosphoric acid groups is 1. The number of hydrogen-bond donors (Lipinski definition) is 3. The van der Waals surface area contributed by atoms with Gasteiger partial charge in [0.05, 0.1) is 13.2 Å². The molecule has 0 fully saturated rings. The zero-order chi connectivity index (χ0) is 45.6. The molecule has 0 heterocycles. The van der Waals surface area contributed by atoms with E-state index in [9.17, 15) is 23.8 Å². The lowest BCUT2D eigenvalue weighted by Crippen LogP contribution is -2.34. The highest BCUT2D eigenvalue weighted by molar-refractivity contribution is 7.47. The normalized spacial score (nSPS) is 14.8. The third-order valence-corrected chi connectivity index (χ3v) is 9.66. The Morgan fingerprint density at radius 1 is 0.500 bits per heavy atom. The highest BCUT2D eigenvalue weighted by atomic mass is 31.2. The van der Waals surface area contributed by atoms with Gasteiger partial charge in [0.15, 0.2) is 6.10 Å². The standard InChI is InChI=1S/C50H78NO10P/c1-3-5-7-9-11-13-15-17-19-21-23-25-27-29-31-33-35-37-39-41-48(52)58-43-46(44-59-62(56,57)60-45-47(51)50(54)55)61-49(53)42-40-38-36-34-32-30-28-26-24-22-20-18-16-14-12-10-8-6-4-2/h11-14,17-20,23-26,29-32,35-38,46-47H,3-10,15-16,21-22,27-28,33-34,39-45,51H2,1-2H3,(H,54,55)(H,56,57)/b13-11+,14-12+,19-17+,20-18+,25-23+,26-24+,31-29+,32-30+,37-35+,38-36+/t46-,47+/m1/s1. The van der Waals surface area contributed by atoms with Crippen LogP contribution < -0.4 is 5.73 Å². The SMILES string of the molecule is CCCCC/C=C/C/C=C/C/C=C/C/C=C/C/C=C/CCC(=O)OC[C@H](COP(=O)(O)OC[C@H](N)C(=O)O)OC(=O)CC/C=C/C/C=C/C/C=C/C/C=C/C/C=C/CCCCC. The number of allylic oxidation sites excluding steroid dienone is 20. The molecule has 11 nitrogen and oxygen atoms in total. The van der Waals surface area contributed by atoms with Crippen molar-refractivity contribution in [2.45, 2.75) is 154 Å². The van der Waals surface area contributed by atoms with E-state index in [-0.39, 0.29) is 12.8 Å². The molecule has 0 bridgehead atoms. The summed E-state index contributed by atoms with van der Waals surface area (Å²) in [5, 5.41) is 8.89. The molecule has 0 aromatic heterocycles. The highest BCUT2D eigenvalue weighted by Crippen LogP contribution is 2.43. The maximum absolute atomic E-state index is 12.6. The number of aliphatic carboxylic acids is 1. The summed E-state index contributed by atoms with van der Waals surface area (Å²) >= 11 is 0. The van der Waals surface area contributed by atoms with Crippen LogP contribution >= 0.6 is 7.82 Å². The van der Waals surface area contributed by atoms with E-state index in [0.29, 0.717) is 19.3 Å². The lowest BCUT2D eigenvalue weighted by molar-refractivity contribution is -0.161. The topological polar surface area (TPSA) is 172 Å². The van der Waals surface area contributed by atoms with Crippen LogP contribution in [0.1, 0.15) is 142 Å². The molecule has 4 N–H and O–H groups in total. The van der Waals surface area contributed by atoms with Gasteiger partial charge in [-0.05, 0) is 89.9 Å². The number of esters is 2. The van der Waals surface area contributed by atoms with Crippen molar-refractivity contribution < 1.29 is 47.5 Å². The Morgan fingerprint density at radius 3 is 1.21 bits per heavy atom. The summed E-state index contributed by atoms with van der Waals surface area (Å²) in [6.07, 6.45) is 58.6. The van der Waals surface area contributed by atoms with Crippen molar-refractivity contribution in [3.05, 3.63) is 122 Å². The number of nitrogens with two attached hydrogens (primary N) is 1. The second kappa shape index (κ2) is 43.5. The molecule has 348 valence electrons. The largest absolute Gasteiger partial charge is 0.480 e. The fourth-order valence-corrected chi connectivity index (χ4v) is 5.92. The Bertz CT molecular complexity index is 1500. The van der Waals surface area contributed by atoms with Crippen molar-refractivity contribution in [3.63, 3.8) is 0 Å². The predicted molar refractivity (Wildman–Crippen MR) is 253 cm³/mol. The minimum Gasteiger partial charge on any atom is -0.480 e. The van der Waals surface area contributed by atoms with E-state index >= 15 is 0 Å². The molecule has 0 aliphatic heterocycles. The van der Waals surface area contributed by atoms with Gasteiger partial charge in [-0.1, -0.05) is 161 Å². The number of carbonyl (C=O) groups is 3. The number of hydrogen-bond acceptors (Lipinski definition) is 9. The minimum atomic E-state index is -4.76. The molecule has 0 saturated carbocycles. The van der Waals surface area contributed by atoms with Crippen LogP contribution in [-0.4, -0.2) is 59.9 Å². The van der Waals surface area contributed by atoms with Gasteiger partial charge in [-0.2, -0.15) is 0 Å². The number of unbranched alkanes of at least 4 members (excludes halogenated alkanes) is 6.